The van der Waals surface area contributed by atoms with Gasteiger partial charge in [0.05, 0.1) is 11.9 Å². The molecule has 1 heterocycles. The van der Waals surface area contributed by atoms with Crippen LogP contribution in [0.3, 0.4) is 0 Å². The third-order valence-electron chi connectivity index (χ3n) is 2.66. The van der Waals surface area contributed by atoms with Crippen LogP contribution in [-0.4, -0.2) is 26.4 Å². The summed E-state index contributed by atoms with van der Waals surface area (Å²) in [4.78, 5) is 38.1. The summed E-state index contributed by atoms with van der Waals surface area (Å²) >= 11 is 8.65. The average Bonchev–Trinajstić information content (AvgIpc) is 2.44. The number of benzene rings is 1. The van der Waals surface area contributed by atoms with Gasteiger partial charge in [-0.25, -0.2) is 5.01 Å². The number of hydrazine groups is 1. The molecule has 0 unspecified atom stereocenters. The summed E-state index contributed by atoms with van der Waals surface area (Å²) < 4.78 is 0. The van der Waals surface area contributed by atoms with Crippen molar-refractivity contribution in [3.05, 3.63) is 42.1 Å². The van der Waals surface area contributed by atoms with Gasteiger partial charge in [-0.3, -0.25) is 20.0 Å². The summed E-state index contributed by atoms with van der Waals surface area (Å²) in [5.74, 6) is -0.656. The minimum atomic E-state index is -1.01. The Bertz CT molecular complexity index is 730. The second-order valence-electron chi connectivity index (χ2n) is 4.10. The second kappa shape index (κ2) is 11.5. The van der Waals surface area contributed by atoms with Crippen LogP contribution in [0.1, 0.15) is 5.56 Å². The third-order valence-corrected chi connectivity index (χ3v) is 2.93. The van der Waals surface area contributed by atoms with E-state index < -0.39 is 16.4 Å². The third kappa shape index (κ3) is 7.38. The fourth-order valence-corrected chi connectivity index (χ4v) is 2.03. The van der Waals surface area contributed by atoms with E-state index in [0.29, 0.717) is 10.6 Å². The predicted octanol–water partition coefficient (Wildman–Crippen LogP) is -4.55. The monoisotopic (exact) mass is 397 g/mol. The SMILES string of the molecule is O=C([S-])NN(C(=O)[S-])C(=O)Cc1ccc2ncccc2c1.[K+].[K+]. The Balaban J connectivity index is 0.00000242. The number of aromatic nitrogens is 1. The molecular weight excluding hydrogens is 388 g/mol. The number of amides is 3. The van der Waals surface area contributed by atoms with Gasteiger partial charge in [0.15, 0.2) is 0 Å². The molecule has 1 N–H and O–H groups in total. The Morgan fingerprint density at radius 1 is 1.13 bits per heavy atom. The molecule has 0 fully saturated rings. The van der Waals surface area contributed by atoms with E-state index in [1.807, 2.05) is 11.5 Å². The fourth-order valence-electron chi connectivity index (χ4n) is 1.79. The molecule has 10 heteroatoms. The van der Waals surface area contributed by atoms with Crippen molar-refractivity contribution in [3.63, 3.8) is 0 Å². The van der Waals surface area contributed by atoms with E-state index in [0.717, 1.165) is 10.9 Å². The molecule has 2 rings (SSSR count). The van der Waals surface area contributed by atoms with Crippen molar-refractivity contribution in [1.29, 1.82) is 0 Å². The van der Waals surface area contributed by atoms with Crippen LogP contribution in [-0.2, 0) is 36.5 Å². The smallest absolute Gasteiger partial charge is 0.717 e. The molecule has 23 heavy (non-hydrogen) atoms. The van der Waals surface area contributed by atoms with Crippen LogP contribution in [0.25, 0.3) is 10.9 Å². The van der Waals surface area contributed by atoms with Crippen LogP contribution >= 0.6 is 0 Å². The first-order valence-corrected chi connectivity index (χ1v) is 6.64. The molecule has 3 amide bonds. The molecule has 108 valence electrons. The van der Waals surface area contributed by atoms with Crippen LogP contribution in [0.4, 0.5) is 9.59 Å². The van der Waals surface area contributed by atoms with Gasteiger partial charge in [0.1, 0.15) is 10.5 Å². The van der Waals surface area contributed by atoms with Crippen molar-refractivity contribution in [1.82, 2.24) is 15.4 Å². The Morgan fingerprint density at radius 3 is 2.43 bits per heavy atom. The predicted molar refractivity (Wildman–Crippen MR) is 81.0 cm³/mol. The normalized spacial score (nSPS) is 9.22. The molecule has 0 spiro atoms. The van der Waals surface area contributed by atoms with Crippen molar-refractivity contribution in [3.8, 4) is 0 Å². The van der Waals surface area contributed by atoms with Crippen LogP contribution in [0.15, 0.2) is 36.5 Å². The molecule has 6 nitrogen and oxygen atoms in total. The van der Waals surface area contributed by atoms with Crippen LogP contribution in [0, 0.1) is 0 Å². The number of nitrogens with one attached hydrogen (secondary N) is 1. The van der Waals surface area contributed by atoms with Crippen molar-refractivity contribution >= 4 is 52.5 Å². The van der Waals surface area contributed by atoms with E-state index in [1.54, 1.807) is 30.5 Å². The van der Waals surface area contributed by atoms with Gasteiger partial charge in [-0.05, 0) is 23.8 Å². The van der Waals surface area contributed by atoms with Gasteiger partial charge < -0.3 is 30.1 Å². The standard InChI is InChI=1S/C13H11N3O3S2.2K/c17-11(16(13(19)21)15-12(18)20)7-8-3-4-10-9(6-8)2-1-5-14-10;;/h1-6H,7H2,(H,19,21)(H2,15,18,20);;/q;2*+1/p-2. The Labute approximate surface area is 229 Å². The zero-order valence-corrected chi connectivity index (χ0v) is 20.5. The maximum Gasteiger partial charge on any atom is 1.00 e. The molecule has 0 saturated carbocycles. The number of fused-ring (bicyclic) bond motifs is 1. The van der Waals surface area contributed by atoms with Crippen LogP contribution < -0.4 is 108 Å². The van der Waals surface area contributed by atoms with Crippen LogP contribution in [0.5, 0.6) is 0 Å². The first kappa shape index (κ1) is 24.0. The molecule has 0 aliphatic rings. The number of imide groups is 1. The Hall–Kier alpha value is 0.953. The van der Waals surface area contributed by atoms with E-state index in [1.165, 1.54) is 0 Å². The van der Waals surface area contributed by atoms with Crippen molar-refractivity contribution in [2.75, 3.05) is 0 Å². The van der Waals surface area contributed by atoms with Gasteiger partial charge >= 0.3 is 103 Å². The maximum absolute atomic E-state index is 12.0. The van der Waals surface area contributed by atoms with Gasteiger partial charge in [-0.15, -0.1) is 0 Å². The summed E-state index contributed by atoms with van der Waals surface area (Å²) in [6, 6.07) is 8.90. The molecule has 0 aliphatic carbocycles. The Morgan fingerprint density at radius 2 is 1.83 bits per heavy atom. The number of hydrogen-bond acceptors (Lipinski definition) is 6. The minimum Gasteiger partial charge on any atom is -0.717 e. The van der Waals surface area contributed by atoms with Gasteiger partial charge in [0.25, 0.3) is 5.91 Å². The van der Waals surface area contributed by atoms with Crippen molar-refractivity contribution in [2.45, 2.75) is 6.42 Å². The van der Waals surface area contributed by atoms with E-state index in [4.69, 9.17) is 0 Å². The van der Waals surface area contributed by atoms with E-state index in [9.17, 15) is 14.4 Å². The molecular formula is C13H9K2N3O3S2. The summed E-state index contributed by atoms with van der Waals surface area (Å²) in [6.45, 7) is 0. The number of nitrogens with zero attached hydrogens (tertiary/aromatic N) is 2. The second-order valence-corrected chi connectivity index (χ2v) is 4.82. The van der Waals surface area contributed by atoms with Gasteiger partial charge in [0, 0.05) is 11.6 Å². The van der Waals surface area contributed by atoms with Crippen molar-refractivity contribution in [2.24, 2.45) is 0 Å². The number of carbonyl (C=O) groups excluding carboxylic acids is 3. The number of rotatable bonds is 2. The zero-order valence-electron chi connectivity index (χ0n) is 12.6. The first-order valence-electron chi connectivity index (χ1n) is 5.82. The summed E-state index contributed by atoms with van der Waals surface area (Å²) in [6.07, 6.45) is 1.58. The topological polar surface area (TPSA) is 79.4 Å². The van der Waals surface area contributed by atoms with Gasteiger partial charge in [-0.1, -0.05) is 12.1 Å². The van der Waals surface area contributed by atoms with E-state index in [-0.39, 0.29) is 109 Å². The molecule has 1 aromatic carbocycles. The molecule has 0 bridgehead atoms. The zero-order chi connectivity index (χ0) is 15.4. The molecule has 0 aliphatic heterocycles. The van der Waals surface area contributed by atoms with E-state index >= 15 is 0 Å². The maximum atomic E-state index is 12.0. The van der Waals surface area contributed by atoms with Gasteiger partial charge in [-0.2, -0.15) is 0 Å². The Kier molecular flexibility index (Phi) is 12.0. The number of pyridine rings is 1. The quantitative estimate of drug-likeness (QED) is 0.312. The number of carbonyl (C=O) groups is 3. The summed E-state index contributed by atoms with van der Waals surface area (Å²) in [5, 5.41) is -0.658. The minimum absolute atomic E-state index is 0. The van der Waals surface area contributed by atoms with Crippen LogP contribution in [0.2, 0.25) is 0 Å². The first-order chi connectivity index (χ1) is 9.97. The molecule has 0 radical (unpaired) electrons. The van der Waals surface area contributed by atoms with Crippen molar-refractivity contribution < 1.29 is 117 Å². The fraction of sp³-hybridized carbons (Fsp3) is 0.0769. The van der Waals surface area contributed by atoms with E-state index in [2.05, 4.69) is 30.2 Å². The largest absolute Gasteiger partial charge is 1.00 e. The molecule has 0 atom stereocenters. The molecule has 0 saturated heterocycles. The van der Waals surface area contributed by atoms with Gasteiger partial charge in [0.2, 0.25) is 0 Å². The summed E-state index contributed by atoms with van der Waals surface area (Å²) in [5.41, 5.74) is 3.39. The number of hydrogen-bond donors (Lipinski definition) is 1. The molecule has 2 aromatic rings. The summed E-state index contributed by atoms with van der Waals surface area (Å²) in [7, 11) is 0. The average molecular weight is 398 g/mol. The molecule has 1 aromatic heterocycles.